The number of carbonyl (C=O) groups excluding carboxylic acids is 3. The van der Waals surface area contributed by atoms with Crippen molar-refractivity contribution in [3.8, 4) is 0 Å². The van der Waals surface area contributed by atoms with Crippen molar-refractivity contribution in [3.63, 3.8) is 0 Å². The number of imide groups is 2. The van der Waals surface area contributed by atoms with E-state index in [-0.39, 0.29) is 6.54 Å². The van der Waals surface area contributed by atoms with Crippen LogP contribution >= 0.6 is 0 Å². The number of hydrogen-bond donors (Lipinski definition) is 1. The Bertz CT molecular complexity index is 388. The summed E-state index contributed by atoms with van der Waals surface area (Å²) in [7, 11) is 0. The van der Waals surface area contributed by atoms with E-state index in [1.165, 1.54) is 26.7 Å². The van der Waals surface area contributed by atoms with Crippen LogP contribution in [0, 0.1) is 11.3 Å². The molecule has 2 aliphatic rings. The molecule has 0 aromatic rings. The van der Waals surface area contributed by atoms with E-state index < -0.39 is 23.3 Å². The van der Waals surface area contributed by atoms with E-state index in [0.29, 0.717) is 19.1 Å². The Balaban J connectivity index is 1.87. The molecule has 1 aliphatic carbocycles. The maximum Gasteiger partial charge on any atom is 0.330 e. The number of nitrogens with one attached hydrogen (secondary N) is 1. The summed E-state index contributed by atoms with van der Waals surface area (Å²) in [5.74, 6) is -0.368. The van der Waals surface area contributed by atoms with Gasteiger partial charge in [0, 0.05) is 6.61 Å². The molecule has 1 saturated heterocycles. The molecule has 1 N–H and O–H groups in total. The van der Waals surface area contributed by atoms with Gasteiger partial charge in [-0.3, -0.25) is 19.8 Å². The van der Waals surface area contributed by atoms with Gasteiger partial charge in [-0.1, -0.05) is 0 Å². The summed E-state index contributed by atoms with van der Waals surface area (Å²) in [5, 5.41) is 2.18. The second-order valence-corrected chi connectivity index (χ2v) is 5.36. The Labute approximate surface area is 106 Å². The molecule has 0 unspecified atom stereocenters. The van der Waals surface area contributed by atoms with Crippen molar-refractivity contribution in [2.24, 2.45) is 11.3 Å². The highest BCUT2D eigenvalue weighted by Crippen LogP contribution is 2.28. The van der Waals surface area contributed by atoms with Gasteiger partial charge in [-0.2, -0.15) is 0 Å². The third kappa shape index (κ3) is 2.53. The lowest BCUT2D eigenvalue weighted by Gasteiger charge is -2.34. The van der Waals surface area contributed by atoms with Crippen LogP contribution in [0.5, 0.6) is 0 Å². The van der Waals surface area contributed by atoms with Gasteiger partial charge < -0.3 is 4.74 Å². The molecule has 0 radical (unpaired) electrons. The number of nitrogens with zero attached hydrogens (tertiary/aromatic N) is 1. The van der Waals surface area contributed by atoms with Crippen LogP contribution in [0.1, 0.15) is 26.7 Å². The number of ether oxygens (including phenoxy) is 1. The molecule has 6 heteroatoms. The van der Waals surface area contributed by atoms with Gasteiger partial charge in [0.2, 0.25) is 11.8 Å². The normalized spacial score (nSPS) is 23.2. The van der Waals surface area contributed by atoms with Crippen LogP contribution in [0.15, 0.2) is 0 Å². The van der Waals surface area contributed by atoms with E-state index in [2.05, 4.69) is 5.32 Å². The van der Waals surface area contributed by atoms with Crippen LogP contribution in [-0.4, -0.2) is 42.5 Å². The number of carbonyl (C=O) groups is 3. The summed E-state index contributed by atoms with van der Waals surface area (Å²) in [6.07, 6.45) is 2.40. The molecule has 18 heavy (non-hydrogen) atoms. The Morgan fingerprint density at radius 3 is 2.61 bits per heavy atom. The van der Waals surface area contributed by atoms with Crippen LogP contribution in [0.2, 0.25) is 0 Å². The molecule has 2 rings (SSSR count). The zero-order valence-corrected chi connectivity index (χ0v) is 10.7. The Kier molecular flexibility index (Phi) is 3.38. The molecule has 0 aromatic carbocycles. The fourth-order valence-electron chi connectivity index (χ4n) is 1.74. The number of hydrogen-bond acceptors (Lipinski definition) is 4. The van der Waals surface area contributed by atoms with E-state index in [1.807, 2.05) is 0 Å². The highest BCUT2D eigenvalue weighted by molar-refractivity contribution is 6.18. The average molecular weight is 254 g/mol. The zero-order chi connectivity index (χ0) is 13.3. The van der Waals surface area contributed by atoms with Gasteiger partial charge in [-0.05, 0) is 32.6 Å². The molecule has 0 aromatic heterocycles. The predicted octanol–water partition coefficient (Wildman–Crippen LogP) is 0.518. The Hall–Kier alpha value is -1.43. The molecule has 100 valence electrons. The van der Waals surface area contributed by atoms with Crippen molar-refractivity contribution >= 4 is 17.8 Å². The molecular formula is C12H18N2O4. The van der Waals surface area contributed by atoms with E-state index >= 15 is 0 Å². The van der Waals surface area contributed by atoms with E-state index in [0.717, 1.165) is 4.90 Å². The number of rotatable bonds is 5. The Morgan fingerprint density at radius 2 is 2.00 bits per heavy atom. The van der Waals surface area contributed by atoms with Crippen molar-refractivity contribution in [2.75, 3.05) is 19.8 Å². The maximum atomic E-state index is 12.0. The highest BCUT2D eigenvalue weighted by Gasteiger charge is 2.46. The maximum absolute atomic E-state index is 12.0. The minimum Gasteiger partial charge on any atom is -0.379 e. The zero-order valence-electron chi connectivity index (χ0n) is 10.7. The van der Waals surface area contributed by atoms with Crippen molar-refractivity contribution in [2.45, 2.75) is 26.7 Å². The fraction of sp³-hybridized carbons (Fsp3) is 0.750. The van der Waals surface area contributed by atoms with E-state index in [1.54, 1.807) is 0 Å². The third-order valence-electron chi connectivity index (χ3n) is 3.32. The van der Waals surface area contributed by atoms with E-state index in [4.69, 9.17) is 4.74 Å². The van der Waals surface area contributed by atoms with Crippen LogP contribution in [-0.2, 0) is 14.3 Å². The quantitative estimate of drug-likeness (QED) is 0.573. The van der Waals surface area contributed by atoms with Crippen molar-refractivity contribution in [1.82, 2.24) is 10.2 Å². The summed E-state index contributed by atoms with van der Waals surface area (Å²) < 4.78 is 5.39. The fourth-order valence-corrected chi connectivity index (χ4v) is 1.74. The van der Waals surface area contributed by atoms with Crippen molar-refractivity contribution in [1.29, 1.82) is 0 Å². The van der Waals surface area contributed by atoms with Gasteiger partial charge in [-0.15, -0.1) is 0 Å². The predicted molar refractivity (Wildman–Crippen MR) is 62.6 cm³/mol. The van der Waals surface area contributed by atoms with Gasteiger partial charge in [0.25, 0.3) is 0 Å². The average Bonchev–Trinajstić information content (AvgIpc) is 3.10. The molecule has 0 spiro atoms. The van der Waals surface area contributed by atoms with Gasteiger partial charge in [-0.25, -0.2) is 4.79 Å². The van der Waals surface area contributed by atoms with Gasteiger partial charge in [0.1, 0.15) is 5.41 Å². The third-order valence-corrected chi connectivity index (χ3v) is 3.32. The second-order valence-electron chi connectivity index (χ2n) is 5.36. The van der Waals surface area contributed by atoms with E-state index in [9.17, 15) is 14.4 Å². The first-order chi connectivity index (χ1) is 8.43. The van der Waals surface area contributed by atoms with Crippen LogP contribution in [0.4, 0.5) is 4.79 Å². The molecule has 0 bridgehead atoms. The summed E-state index contributed by atoms with van der Waals surface area (Å²) in [4.78, 5) is 36.1. The van der Waals surface area contributed by atoms with Crippen LogP contribution in [0.3, 0.4) is 0 Å². The highest BCUT2D eigenvalue weighted by atomic mass is 16.5. The lowest BCUT2D eigenvalue weighted by atomic mass is 9.89. The minimum absolute atomic E-state index is 0.189. The first-order valence-electron chi connectivity index (χ1n) is 6.18. The molecule has 1 heterocycles. The monoisotopic (exact) mass is 254 g/mol. The first kappa shape index (κ1) is 13.0. The summed E-state index contributed by atoms with van der Waals surface area (Å²) in [5.41, 5.74) is -1.19. The molecule has 1 saturated carbocycles. The largest absolute Gasteiger partial charge is 0.379 e. The molecule has 6 nitrogen and oxygen atoms in total. The Morgan fingerprint density at radius 1 is 1.33 bits per heavy atom. The van der Waals surface area contributed by atoms with Crippen molar-refractivity contribution in [3.05, 3.63) is 0 Å². The first-order valence-corrected chi connectivity index (χ1v) is 6.18. The topological polar surface area (TPSA) is 75.7 Å². The minimum atomic E-state index is -1.19. The van der Waals surface area contributed by atoms with Gasteiger partial charge >= 0.3 is 6.03 Å². The second kappa shape index (κ2) is 4.68. The van der Waals surface area contributed by atoms with Gasteiger partial charge in [0.05, 0.1) is 13.2 Å². The molecule has 4 amide bonds. The van der Waals surface area contributed by atoms with Crippen LogP contribution < -0.4 is 5.32 Å². The number of amides is 4. The number of urea groups is 1. The van der Waals surface area contributed by atoms with Crippen LogP contribution in [0.25, 0.3) is 0 Å². The molecule has 2 fully saturated rings. The molecule has 1 aliphatic heterocycles. The lowest BCUT2D eigenvalue weighted by molar-refractivity contribution is -0.149. The SMILES string of the molecule is CC1(C)C(=O)NC(=O)N(CCOCC2CC2)C1=O. The van der Waals surface area contributed by atoms with Crippen molar-refractivity contribution < 1.29 is 19.1 Å². The summed E-state index contributed by atoms with van der Waals surface area (Å²) in [6.45, 7) is 4.21. The smallest absolute Gasteiger partial charge is 0.330 e. The standard InChI is InChI=1S/C12H18N2O4/c1-12(2)9(15)13-11(17)14(10(12)16)5-6-18-7-8-3-4-8/h8H,3-7H2,1-2H3,(H,13,15,17). The summed E-state index contributed by atoms with van der Waals surface area (Å²) >= 11 is 0. The molecular weight excluding hydrogens is 236 g/mol. The molecule has 0 atom stereocenters. The van der Waals surface area contributed by atoms with Gasteiger partial charge in [0.15, 0.2) is 0 Å². The number of barbiturate groups is 1. The lowest BCUT2D eigenvalue weighted by Crippen LogP contribution is -2.62. The summed E-state index contributed by atoms with van der Waals surface area (Å²) in [6, 6.07) is -0.653.